The monoisotopic (exact) mass is 192 g/mol. The van der Waals surface area contributed by atoms with E-state index in [-0.39, 0.29) is 12.2 Å². The summed E-state index contributed by atoms with van der Waals surface area (Å²) in [6, 6.07) is 2.73. The lowest BCUT2D eigenvalue weighted by molar-refractivity contribution is 0.0696. The maximum atomic E-state index is 10.6. The van der Waals surface area contributed by atoms with E-state index in [1.54, 1.807) is 0 Å². The van der Waals surface area contributed by atoms with Crippen LogP contribution in [-0.2, 0) is 4.84 Å². The smallest absolute Gasteiger partial charge is 0.335 e. The van der Waals surface area contributed by atoms with E-state index in [4.69, 9.17) is 16.4 Å². The molecular weight excluding hydrogens is 184 g/mol. The van der Waals surface area contributed by atoms with Gasteiger partial charge in [0.15, 0.2) is 0 Å². The van der Waals surface area contributed by atoms with Crippen LogP contribution in [0, 0.1) is 12.3 Å². The van der Waals surface area contributed by atoms with Crippen LogP contribution < -0.4 is 5.48 Å². The predicted molar refractivity (Wildman–Crippen MR) is 49.6 cm³/mol. The number of carboxylic acids is 1. The van der Waals surface area contributed by atoms with Crippen molar-refractivity contribution in [3.63, 3.8) is 0 Å². The van der Waals surface area contributed by atoms with Crippen molar-refractivity contribution >= 4 is 11.8 Å². The van der Waals surface area contributed by atoms with E-state index >= 15 is 0 Å². The van der Waals surface area contributed by atoms with E-state index in [0.717, 1.165) is 0 Å². The van der Waals surface area contributed by atoms with Crippen LogP contribution in [0.15, 0.2) is 18.3 Å². The molecule has 1 aromatic rings. The molecule has 1 rings (SSSR count). The van der Waals surface area contributed by atoms with Gasteiger partial charge >= 0.3 is 5.97 Å². The van der Waals surface area contributed by atoms with Gasteiger partial charge in [0.05, 0.1) is 5.56 Å². The molecule has 0 aromatic carbocycles. The highest BCUT2D eigenvalue weighted by atomic mass is 16.6. The molecule has 14 heavy (non-hydrogen) atoms. The topological polar surface area (TPSA) is 71.5 Å². The molecule has 0 fully saturated rings. The van der Waals surface area contributed by atoms with Gasteiger partial charge in [-0.05, 0) is 12.1 Å². The van der Waals surface area contributed by atoms with Crippen molar-refractivity contribution < 1.29 is 14.7 Å². The Balaban J connectivity index is 2.65. The fourth-order valence-corrected chi connectivity index (χ4v) is 0.771. The van der Waals surface area contributed by atoms with Gasteiger partial charge in [-0.1, -0.05) is 5.92 Å². The number of nitrogens with one attached hydrogen (secondary N) is 1. The van der Waals surface area contributed by atoms with Gasteiger partial charge in [-0.2, -0.15) is 0 Å². The van der Waals surface area contributed by atoms with Crippen molar-refractivity contribution in [1.82, 2.24) is 4.98 Å². The number of hydrogen-bond donors (Lipinski definition) is 2. The third kappa shape index (κ3) is 2.77. The first-order valence-electron chi connectivity index (χ1n) is 3.74. The Kier molecular flexibility index (Phi) is 3.47. The average Bonchev–Trinajstić information content (AvgIpc) is 2.19. The Morgan fingerprint density at radius 3 is 3.21 bits per heavy atom. The van der Waals surface area contributed by atoms with Gasteiger partial charge in [0, 0.05) is 6.20 Å². The normalized spacial score (nSPS) is 9.07. The molecule has 72 valence electrons. The number of carbonyl (C=O) groups is 1. The number of carboxylic acid groups (broad SMARTS) is 1. The number of anilines is 1. The quantitative estimate of drug-likeness (QED) is 0.418. The summed E-state index contributed by atoms with van der Waals surface area (Å²) in [6.45, 7) is 0.0823. The minimum absolute atomic E-state index is 0.0823. The molecule has 1 heterocycles. The van der Waals surface area contributed by atoms with Gasteiger partial charge in [0.25, 0.3) is 0 Å². The van der Waals surface area contributed by atoms with Crippen molar-refractivity contribution in [2.45, 2.75) is 0 Å². The molecule has 0 atom stereocenters. The summed E-state index contributed by atoms with van der Waals surface area (Å²) < 4.78 is 0. The molecule has 0 aliphatic heterocycles. The van der Waals surface area contributed by atoms with E-state index in [1.165, 1.54) is 18.3 Å². The maximum Gasteiger partial charge on any atom is 0.335 e. The molecule has 0 bridgehead atoms. The highest BCUT2D eigenvalue weighted by molar-refractivity contribution is 5.88. The van der Waals surface area contributed by atoms with E-state index in [9.17, 15) is 4.79 Å². The Labute approximate surface area is 80.7 Å². The second-order valence-corrected chi connectivity index (χ2v) is 2.33. The molecule has 0 aliphatic carbocycles. The van der Waals surface area contributed by atoms with Gasteiger partial charge in [-0.25, -0.2) is 15.3 Å². The Bertz CT molecular complexity index is 371. The molecule has 0 unspecified atom stereocenters. The van der Waals surface area contributed by atoms with E-state index in [2.05, 4.69) is 16.4 Å². The summed E-state index contributed by atoms with van der Waals surface area (Å²) in [5.74, 6) is 1.53. The fraction of sp³-hybridized carbons (Fsp3) is 0.111. The summed E-state index contributed by atoms with van der Waals surface area (Å²) in [5.41, 5.74) is 2.56. The summed E-state index contributed by atoms with van der Waals surface area (Å²) in [7, 11) is 0. The zero-order valence-electron chi connectivity index (χ0n) is 7.23. The molecule has 0 saturated carbocycles. The molecule has 1 aromatic heterocycles. The minimum Gasteiger partial charge on any atom is -0.478 e. The van der Waals surface area contributed by atoms with Crippen molar-refractivity contribution in [2.24, 2.45) is 0 Å². The third-order valence-corrected chi connectivity index (χ3v) is 1.34. The Hall–Kier alpha value is -2.06. The van der Waals surface area contributed by atoms with Crippen molar-refractivity contribution in [3.8, 4) is 12.3 Å². The SMILES string of the molecule is C#CCONc1cc(C(=O)O)ccn1. The van der Waals surface area contributed by atoms with Gasteiger partial charge in [0.1, 0.15) is 12.4 Å². The largest absolute Gasteiger partial charge is 0.478 e. The predicted octanol–water partition coefficient (Wildman–Crippen LogP) is 0.756. The van der Waals surface area contributed by atoms with E-state index in [0.29, 0.717) is 5.82 Å². The number of pyridine rings is 1. The first-order valence-corrected chi connectivity index (χ1v) is 3.74. The molecule has 0 saturated heterocycles. The van der Waals surface area contributed by atoms with Crippen LogP contribution in [0.3, 0.4) is 0 Å². The third-order valence-electron chi connectivity index (χ3n) is 1.34. The molecule has 0 aliphatic rings. The number of nitrogens with zero attached hydrogens (tertiary/aromatic N) is 1. The number of terminal acetylenes is 1. The van der Waals surface area contributed by atoms with Crippen LogP contribution in [0.2, 0.25) is 0 Å². The highest BCUT2D eigenvalue weighted by Crippen LogP contribution is 2.06. The van der Waals surface area contributed by atoms with Gasteiger partial charge < -0.3 is 5.11 Å². The molecule has 0 radical (unpaired) electrons. The lowest BCUT2D eigenvalue weighted by Gasteiger charge is -2.03. The average molecular weight is 192 g/mol. The van der Waals surface area contributed by atoms with Crippen LogP contribution >= 0.6 is 0 Å². The standard InChI is InChI=1S/C9H8N2O3/c1-2-5-14-11-8-6-7(9(12)13)3-4-10-8/h1,3-4,6H,5H2,(H,10,11)(H,12,13). The summed E-state index contributed by atoms with van der Waals surface area (Å²) in [5, 5.41) is 8.65. The Morgan fingerprint density at radius 2 is 2.57 bits per heavy atom. The molecule has 2 N–H and O–H groups in total. The van der Waals surface area contributed by atoms with Crippen LogP contribution in [0.5, 0.6) is 0 Å². The van der Waals surface area contributed by atoms with Crippen LogP contribution in [0.25, 0.3) is 0 Å². The van der Waals surface area contributed by atoms with E-state index < -0.39 is 5.97 Å². The van der Waals surface area contributed by atoms with Crippen LogP contribution in [0.1, 0.15) is 10.4 Å². The molecule has 0 spiro atoms. The molecular formula is C9H8N2O3. The second kappa shape index (κ2) is 4.84. The van der Waals surface area contributed by atoms with Crippen LogP contribution in [0.4, 0.5) is 5.82 Å². The van der Waals surface area contributed by atoms with Crippen molar-refractivity contribution in [2.75, 3.05) is 12.1 Å². The highest BCUT2D eigenvalue weighted by Gasteiger charge is 2.03. The zero-order valence-corrected chi connectivity index (χ0v) is 7.23. The Morgan fingerprint density at radius 1 is 1.79 bits per heavy atom. The summed E-state index contributed by atoms with van der Waals surface area (Å²) in [4.78, 5) is 19.1. The first kappa shape index (κ1) is 10.0. The van der Waals surface area contributed by atoms with Crippen molar-refractivity contribution in [1.29, 1.82) is 0 Å². The van der Waals surface area contributed by atoms with Gasteiger partial charge in [0.2, 0.25) is 0 Å². The summed E-state index contributed by atoms with van der Waals surface area (Å²) >= 11 is 0. The number of aromatic carboxylic acids is 1. The van der Waals surface area contributed by atoms with E-state index in [1.807, 2.05) is 0 Å². The first-order chi connectivity index (χ1) is 6.74. The van der Waals surface area contributed by atoms with Gasteiger partial charge in [-0.15, -0.1) is 6.42 Å². The fourth-order valence-electron chi connectivity index (χ4n) is 0.771. The molecule has 5 nitrogen and oxygen atoms in total. The lowest BCUT2D eigenvalue weighted by atomic mass is 10.3. The summed E-state index contributed by atoms with van der Waals surface area (Å²) in [6.07, 6.45) is 6.31. The van der Waals surface area contributed by atoms with Crippen molar-refractivity contribution in [3.05, 3.63) is 23.9 Å². The minimum atomic E-state index is -1.02. The zero-order chi connectivity index (χ0) is 10.4. The lowest BCUT2D eigenvalue weighted by Crippen LogP contribution is -2.04. The maximum absolute atomic E-state index is 10.6. The number of aromatic nitrogens is 1. The number of hydrogen-bond acceptors (Lipinski definition) is 4. The second-order valence-electron chi connectivity index (χ2n) is 2.33. The molecule has 5 heteroatoms. The van der Waals surface area contributed by atoms with Gasteiger partial charge in [-0.3, -0.25) is 4.84 Å². The van der Waals surface area contributed by atoms with Crippen LogP contribution in [-0.4, -0.2) is 22.7 Å². The number of rotatable bonds is 4. The molecule has 0 amide bonds.